The van der Waals surface area contributed by atoms with Crippen LogP contribution in [0.15, 0.2) is 22.7 Å². The smallest absolute Gasteiger partial charge is 0.391 e. The van der Waals surface area contributed by atoms with Gasteiger partial charge in [-0.1, -0.05) is 22.9 Å². The molecular formula is C11H14BrClF3NO. The van der Waals surface area contributed by atoms with Gasteiger partial charge in [0.15, 0.2) is 0 Å². The zero-order valence-corrected chi connectivity index (χ0v) is 11.9. The highest BCUT2D eigenvalue weighted by molar-refractivity contribution is 9.10. The van der Waals surface area contributed by atoms with E-state index in [1.54, 1.807) is 6.92 Å². The summed E-state index contributed by atoms with van der Waals surface area (Å²) in [5.41, 5.74) is 5.18. The minimum absolute atomic E-state index is 0. The molecule has 104 valence electrons. The number of hydrogen-bond donors (Lipinski definition) is 2. The maximum atomic E-state index is 12.6. The number of alkyl halides is 3. The molecular weight excluding hydrogens is 334 g/mol. The van der Waals surface area contributed by atoms with Crippen molar-refractivity contribution in [3.05, 3.63) is 33.8 Å². The van der Waals surface area contributed by atoms with E-state index in [1.165, 1.54) is 6.07 Å². The second-order valence-corrected chi connectivity index (χ2v) is 4.69. The Hall–Kier alpha value is -0.300. The lowest BCUT2D eigenvalue weighted by Crippen LogP contribution is -2.25. The molecule has 0 unspecified atom stereocenters. The predicted molar refractivity (Wildman–Crippen MR) is 69.6 cm³/mol. The molecule has 1 rings (SSSR count). The summed E-state index contributed by atoms with van der Waals surface area (Å²) in [6.45, 7) is 1.72. The van der Waals surface area contributed by atoms with E-state index in [4.69, 9.17) is 5.73 Å². The van der Waals surface area contributed by atoms with E-state index in [0.29, 0.717) is 10.9 Å². The normalized spacial score (nSPS) is 14.8. The van der Waals surface area contributed by atoms with Gasteiger partial charge in [0, 0.05) is 4.47 Å². The summed E-state index contributed by atoms with van der Waals surface area (Å²) in [6, 6.07) is 2.61. The Morgan fingerprint density at radius 3 is 2.33 bits per heavy atom. The number of halogens is 5. The van der Waals surface area contributed by atoms with Crippen LogP contribution in [-0.4, -0.2) is 11.2 Å². The van der Waals surface area contributed by atoms with E-state index in [-0.39, 0.29) is 18.0 Å². The molecule has 0 spiro atoms. The lowest BCUT2D eigenvalue weighted by molar-refractivity contribution is -0.137. The van der Waals surface area contributed by atoms with Gasteiger partial charge in [-0.25, -0.2) is 0 Å². The topological polar surface area (TPSA) is 46.2 Å². The second-order valence-electron chi connectivity index (χ2n) is 3.77. The Bertz CT molecular complexity index is 400. The maximum Gasteiger partial charge on any atom is 0.416 e. The third-order valence-electron chi connectivity index (χ3n) is 2.47. The molecule has 0 bridgehead atoms. The van der Waals surface area contributed by atoms with Crippen LogP contribution in [0.2, 0.25) is 0 Å². The van der Waals surface area contributed by atoms with Gasteiger partial charge in [-0.15, -0.1) is 12.4 Å². The van der Waals surface area contributed by atoms with Crippen molar-refractivity contribution in [3.63, 3.8) is 0 Å². The van der Waals surface area contributed by atoms with Crippen molar-refractivity contribution in [1.29, 1.82) is 0 Å². The van der Waals surface area contributed by atoms with Gasteiger partial charge in [0.25, 0.3) is 0 Å². The van der Waals surface area contributed by atoms with E-state index >= 15 is 0 Å². The molecule has 18 heavy (non-hydrogen) atoms. The molecule has 0 radical (unpaired) electrons. The van der Waals surface area contributed by atoms with Gasteiger partial charge < -0.3 is 10.8 Å². The van der Waals surface area contributed by atoms with Crippen LogP contribution < -0.4 is 5.73 Å². The van der Waals surface area contributed by atoms with Crippen molar-refractivity contribution in [2.24, 2.45) is 5.73 Å². The number of benzene rings is 1. The van der Waals surface area contributed by atoms with Gasteiger partial charge in [0.1, 0.15) is 0 Å². The molecule has 0 saturated heterocycles. The molecule has 0 aromatic heterocycles. The molecule has 1 aromatic rings. The minimum atomic E-state index is -4.42. The SMILES string of the molecule is CC[C@H](O)[C@H](N)c1cc(Br)cc(C(F)(F)F)c1.Cl. The van der Waals surface area contributed by atoms with Crippen molar-refractivity contribution in [3.8, 4) is 0 Å². The quantitative estimate of drug-likeness (QED) is 0.875. The van der Waals surface area contributed by atoms with Crippen LogP contribution in [0.25, 0.3) is 0 Å². The first-order valence-electron chi connectivity index (χ1n) is 5.07. The molecule has 1 aromatic carbocycles. The fourth-order valence-corrected chi connectivity index (χ4v) is 1.96. The highest BCUT2D eigenvalue weighted by Crippen LogP contribution is 2.33. The largest absolute Gasteiger partial charge is 0.416 e. The van der Waals surface area contributed by atoms with Crippen LogP contribution in [-0.2, 0) is 6.18 Å². The molecule has 0 amide bonds. The lowest BCUT2D eigenvalue weighted by atomic mass is 9.99. The third kappa shape index (κ3) is 4.42. The molecule has 0 heterocycles. The van der Waals surface area contributed by atoms with Crippen LogP contribution in [0.3, 0.4) is 0 Å². The standard InChI is InChI=1S/C11H13BrF3NO.ClH/c1-2-9(17)10(16)6-3-7(11(13,14)15)5-8(12)4-6;/h3-5,9-10,17H,2,16H2,1H3;1H/t9-,10+;/m0./s1. The van der Waals surface area contributed by atoms with Gasteiger partial charge in [-0.3, -0.25) is 0 Å². The summed E-state index contributed by atoms with van der Waals surface area (Å²) in [4.78, 5) is 0. The fourth-order valence-electron chi connectivity index (χ4n) is 1.44. The number of aliphatic hydroxyl groups is 1. The highest BCUT2D eigenvalue weighted by Gasteiger charge is 2.31. The monoisotopic (exact) mass is 347 g/mol. The Morgan fingerprint density at radius 2 is 1.89 bits per heavy atom. The molecule has 0 aliphatic rings. The predicted octanol–water partition coefficient (Wildman–Crippen LogP) is 3.66. The van der Waals surface area contributed by atoms with E-state index < -0.39 is 23.9 Å². The zero-order valence-electron chi connectivity index (χ0n) is 9.54. The maximum absolute atomic E-state index is 12.6. The van der Waals surface area contributed by atoms with Gasteiger partial charge in [0.05, 0.1) is 17.7 Å². The summed E-state index contributed by atoms with van der Waals surface area (Å²) in [6.07, 6.45) is -4.89. The first-order chi connectivity index (χ1) is 7.75. The molecule has 0 aliphatic heterocycles. The van der Waals surface area contributed by atoms with E-state index in [0.717, 1.165) is 12.1 Å². The molecule has 2 atom stereocenters. The third-order valence-corrected chi connectivity index (χ3v) is 2.92. The Morgan fingerprint density at radius 1 is 1.33 bits per heavy atom. The van der Waals surface area contributed by atoms with Gasteiger partial charge in [-0.2, -0.15) is 13.2 Å². The van der Waals surface area contributed by atoms with Crippen LogP contribution in [0.1, 0.15) is 30.5 Å². The first-order valence-corrected chi connectivity index (χ1v) is 5.86. The number of rotatable bonds is 3. The lowest BCUT2D eigenvalue weighted by Gasteiger charge is -2.19. The molecule has 3 N–H and O–H groups in total. The van der Waals surface area contributed by atoms with E-state index in [2.05, 4.69) is 15.9 Å². The van der Waals surface area contributed by atoms with E-state index in [9.17, 15) is 18.3 Å². The van der Waals surface area contributed by atoms with Gasteiger partial charge in [0.2, 0.25) is 0 Å². The second kappa shape index (κ2) is 6.75. The van der Waals surface area contributed by atoms with Gasteiger partial charge in [-0.05, 0) is 30.2 Å². The average Bonchev–Trinajstić information content (AvgIpc) is 2.25. The summed E-state index contributed by atoms with van der Waals surface area (Å²) in [5.74, 6) is 0. The number of aliphatic hydroxyl groups excluding tert-OH is 1. The Labute approximate surface area is 118 Å². The van der Waals surface area contributed by atoms with Gasteiger partial charge >= 0.3 is 6.18 Å². The fraction of sp³-hybridized carbons (Fsp3) is 0.455. The highest BCUT2D eigenvalue weighted by atomic mass is 79.9. The van der Waals surface area contributed by atoms with Crippen molar-refractivity contribution in [2.75, 3.05) is 0 Å². The van der Waals surface area contributed by atoms with Crippen LogP contribution in [0, 0.1) is 0 Å². The molecule has 0 aliphatic carbocycles. The van der Waals surface area contributed by atoms with Crippen molar-refractivity contribution >= 4 is 28.3 Å². The Balaban J connectivity index is 0.00000289. The van der Waals surface area contributed by atoms with Crippen molar-refractivity contribution < 1.29 is 18.3 Å². The summed E-state index contributed by atoms with van der Waals surface area (Å²) in [7, 11) is 0. The molecule has 2 nitrogen and oxygen atoms in total. The van der Waals surface area contributed by atoms with Crippen molar-refractivity contribution in [1.82, 2.24) is 0 Å². The molecule has 0 fully saturated rings. The molecule has 0 saturated carbocycles. The van der Waals surface area contributed by atoms with Crippen LogP contribution in [0.4, 0.5) is 13.2 Å². The summed E-state index contributed by atoms with van der Waals surface area (Å²) < 4.78 is 38.0. The van der Waals surface area contributed by atoms with Crippen molar-refractivity contribution in [2.45, 2.75) is 31.7 Å². The average molecular weight is 349 g/mol. The first kappa shape index (κ1) is 17.7. The zero-order chi connectivity index (χ0) is 13.2. The Kier molecular flexibility index (Phi) is 6.63. The minimum Gasteiger partial charge on any atom is -0.391 e. The number of nitrogens with two attached hydrogens (primary N) is 1. The number of hydrogen-bond acceptors (Lipinski definition) is 2. The van der Waals surface area contributed by atoms with Crippen LogP contribution in [0.5, 0.6) is 0 Å². The molecule has 7 heteroatoms. The van der Waals surface area contributed by atoms with Crippen LogP contribution >= 0.6 is 28.3 Å². The summed E-state index contributed by atoms with van der Waals surface area (Å²) in [5, 5.41) is 9.54. The van der Waals surface area contributed by atoms with E-state index in [1.807, 2.05) is 0 Å². The summed E-state index contributed by atoms with van der Waals surface area (Å²) >= 11 is 3.01.